The fourth-order valence-electron chi connectivity index (χ4n) is 2.82. The largest absolute Gasteiger partial charge is 0.381 e. The van der Waals surface area contributed by atoms with E-state index in [4.69, 9.17) is 10.5 Å². The summed E-state index contributed by atoms with van der Waals surface area (Å²) in [5.74, 6) is 0.00552. The number of ether oxygens (including phenoxy) is 1. The zero-order valence-electron chi connectivity index (χ0n) is 13.9. The molecule has 0 bridgehead atoms. The van der Waals surface area contributed by atoms with E-state index in [1.54, 1.807) is 6.08 Å². The maximum Gasteiger partial charge on any atom is 0.242 e. The number of hydrogen-bond acceptors (Lipinski definition) is 5. The van der Waals surface area contributed by atoms with Gasteiger partial charge in [0.05, 0.1) is 12.1 Å². The molecule has 2 fully saturated rings. The predicted octanol–water partition coefficient (Wildman–Crippen LogP) is -0.216. The van der Waals surface area contributed by atoms with E-state index in [1.165, 1.54) is 0 Å². The Labute approximate surface area is 155 Å². The molecule has 3 N–H and O–H groups in total. The highest BCUT2D eigenvalue weighted by molar-refractivity contribution is 5.86. The van der Waals surface area contributed by atoms with Gasteiger partial charge in [0.15, 0.2) is 0 Å². The van der Waals surface area contributed by atoms with Gasteiger partial charge in [0.25, 0.3) is 0 Å². The molecular weight excluding hydrogens is 355 g/mol. The first kappa shape index (κ1) is 23.1. The average Bonchev–Trinajstić information content (AvgIpc) is 2.53. The molecule has 140 valence electrons. The van der Waals surface area contributed by atoms with E-state index in [2.05, 4.69) is 16.8 Å². The zero-order chi connectivity index (χ0) is 16.0. The highest BCUT2D eigenvalue weighted by Crippen LogP contribution is 2.21. The van der Waals surface area contributed by atoms with E-state index < -0.39 is 5.54 Å². The third kappa shape index (κ3) is 6.22. The Balaban J connectivity index is 0.00000264. The second kappa shape index (κ2) is 10.9. The van der Waals surface area contributed by atoms with Gasteiger partial charge in [0.1, 0.15) is 0 Å². The second-order valence-electron chi connectivity index (χ2n) is 5.93. The van der Waals surface area contributed by atoms with Crippen LogP contribution < -0.4 is 11.1 Å². The van der Waals surface area contributed by atoms with E-state index in [9.17, 15) is 9.59 Å². The van der Waals surface area contributed by atoms with Crippen molar-refractivity contribution in [1.82, 2.24) is 15.1 Å². The third-order valence-electron chi connectivity index (χ3n) is 4.28. The van der Waals surface area contributed by atoms with E-state index in [0.717, 1.165) is 0 Å². The molecule has 0 aromatic heterocycles. The Morgan fingerprint density at radius 2 is 1.75 bits per heavy atom. The first-order valence-corrected chi connectivity index (χ1v) is 7.81. The van der Waals surface area contributed by atoms with Gasteiger partial charge >= 0.3 is 0 Å². The number of piperazine rings is 1. The van der Waals surface area contributed by atoms with Crippen molar-refractivity contribution in [1.29, 1.82) is 0 Å². The van der Waals surface area contributed by atoms with Gasteiger partial charge in [-0.3, -0.25) is 14.5 Å². The Morgan fingerprint density at radius 3 is 2.29 bits per heavy atom. The van der Waals surface area contributed by atoms with Gasteiger partial charge in [-0.2, -0.15) is 0 Å². The zero-order valence-corrected chi connectivity index (χ0v) is 15.5. The first-order valence-electron chi connectivity index (χ1n) is 7.81. The number of carbonyl (C=O) groups excluding carboxylic acids is 2. The molecule has 2 amide bonds. The topological polar surface area (TPSA) is 87.9 Å². The molecule has 2 heterocycles. The average molecular weight is 383 g/mol. The molecule has 0 spiro atoms. The van der Waals surface area contributed by atoms with Crippen LogP contribution >= 0.6 is 24.8 Å². The quantitative estimate of drug-likeness (QED) is 0.642. The van der Waals surface area contributed by atoms with Gasteiger partial charge in [-0.15, -0.1) is 31.4 Å². The first-order chi connectivity index (χ1) is 10.5. The lowest BCUT2D eigenvalue weighted by Crippen LogP contribution is -2.61. The molecule has 0 aromatic carbocycles. The number of hydrogen-bond donors (Lipinski definition) is 2. The number of carbonyl (C=O) groups is 2. The van der Waals surface area contributed by atoms with Gasteiger partial charge < -0.3 is 20.7 Å². The molecular formula is C15H28Cl2N4O3. The molecule has 0 saturated carbocycles. The summed E-state index contributed by atoms with van der Waals surface area (Å²) >= 11 is 0. The van der Waals surface area contributed by atoms with Gasteiger partial charge in [0.2, 0.25) is 11.8 Å². The monoisotopic (exact) mass is 382 g/mol. The normalized spacial score (nSPS) is 20.3. The van der Waals surface area contributed by atoms with Crippen LogP contribution in [0.2, 0.25) is 0 Å². The van der Waals surface area contributed by atoms with Crippen molar-refractivity contribution in [2.75, 3.05) is 52.5 Å². The second-order valence-corrected chi connectivity index (χ2v) is 5.93. The fourth-order valence-corrected chi connectivity index (χ4v) is 2.82. The highest BCUT2D eigenvalue weighted by Gasteiger charge is 2.39. The van der Waals surface area contributed by atoms with Crippen LogP contribution in [0, 0.1) is 0 Å². The van der Waals surface area contributed by atoms with E-state index in [0.29, 0.717) is 65.3 Å². The minimum Gasteiger partial charge on any atom is -0.381 e. The third-order valence-corrected chi connectivity index (χ3v) is 4.28. The summed E-state index contributed by atoms with van der Waals surface area (Å²) in [7, 11) is 0. The number of nitrogens with two attached hydrogens (primary N) is 1. The minimum absolute atomic E-state index is 0. The molecule has 2 saturated heterocycles. The summed E-state index contributed by atoms with van der Waals surface area (Å²) < 4.78 is 5.28. The summed E-state index contributed by atoms with van der Waals surface area (Å²) in [5.41, 5.74) is 5.47. The number of halogens is 2. The Bertz CT molecular complexity index is 423. The highest BCUT2D eigenvalue weighted by atomic mass is 35.5. The van der Waals surface area contributed by atoms with Crippen molar-refractivity contribution in [3.05, 3.63) is 12.7 Å². The van der Waals surface area contributed by atoms with Crippen LogP contribution in [-0.4, -0.2) is 79.6 Å². The molecule has 0 aromatic rings. The lowest BCUT2D eigenvalue weighted by Gasteiger charge is -2.40. The lowest BCUT2D eigenvalue weighted by molar-refractivity contribution is -0.142. The van der Waals surface area contributed by atoms with Crippen molar-refractivity contribution in [3.63, 3.8) is 0 Å². The number of nitrogens with one attached hydrogen (secondary N) is 1. The predicted molar refractivity (Wildman–Crippen MR) is 97.7 cm³/mol. The van der Waals surface area contributed by atoms with Crippen LogP contribution in [0.4, 0.5) is 0 Å². The number of amides is 2. The van der Waals surface area contributed by atoms with Crippen LogP contribution in [0.3, 0.4) is 0 Å². The Morgan fingerprint density at radius 1 is 1.17 bits per heavy atom. The van der Waals surface area contributed by atoms with Crippen LogP contribution in [0.15, 0.2) is 12.7 Å². The van der Waals surface area contributed by atoms with E-state index in [-0.39, 0.29) is 36.6 Å². The molecule has 2 aliphatic rings. The molecule has 0 atom stereocenters. The molecule has 2 aliphatic heterocycles. The molecule has 0 unspecified atom stereocenters. The van der Waals surface area contributed by atoms with Gasteiger partial charge in [-0.25, -0.2) is 0 Å². The lowest BCUT2D eigenvalue weighted by atomic mass is 9.89. The molecule has 9 heteroatoms. The summed E-state index contributed by atoms with van der Waals surface area (Å²) in [4.78, 5) is 28.1. The number of nitrogens with zero attached hydrogens (tertiary/aromatic N) is 2. The van der Waals surface area contributed by atoms with Crippen molar-refractivity contribution in [2.24, 2.45) is 5.73 Å². The van der Waals surface area contributed by atoms with Crippen molar-refractivity contribution in [3.8, 4) is 0 Å². The fraction of sp³-hybridized carbons (Fsp3) is 0.733. The molecule has 7 nitrogen and oxygen atoms in total. The molecule has 0 radical (unpaired) electrons. The SMILES string of the molecule is C=CCNC(=O)CN1CCN(C(=O)C2(N)CCOCC2)CC1.Cl.Cl. The summed E-state index contributed by atoms with van der Waals surface area (Å²) in [6.07, 6.45) is 2.81. The van der Waals surface area contributed by atoms with Crippen LogP contribution in [0.1, 0.15) is 12.8 Å². The maximum absolute atomic E-state index is 12.6. The van der Waals surface area contributed by atoms with Gasteiger partial charge in [-0.05, 0) is 12.8 Å². The maximum atomic E-state index is 12.6. The van der Waals surface area contributed by atoms with Crippen molar-refractivity contribution >= 4 is 36.6 Å². The van der Waals surface area contributed by atoms with Crippen LogP contribution in [0.5, 0.6) is 0 Å². The Kier molecular flexibility index (Phi) is 10.5. The molecule has 2 rings (SSSR count). The van der Waals surface area contributed by atoms with Crippen LogP contribution in [0.25, 0.3) is 0 Å². The van der Waals surface area contributed by atoms with Crippen molar-refractivity contribution < 1.29 is 14.3 Å². The molecule has 0 aliphatic carbocycles. The number of rotatable bonds is 5. The minimum atomic E-state index is -0.776. The molecule has 24 heavy (non-hydrogen) atoms. The summed E-state index contributed by atoms with van der Waals surface area (Å²) in [5, 5.41) is 2.76. The van der Waals surface area contributed by atoms with Gasteiger partial charge in [-0.1, -0.05) is 6.08 Å². The van der Waals surface area contributed by atoms with Crippen LogP contribution in [-0.2, 0) is 14.3 Å². The van der Waals surface area contributed by atoms with Crippen molar-refractivity contribution in [2.45, 2.75) is 18.4 Å². The summed E-state index contributed by atoms with van der Waals surface area (Å²) in [6.45, 7) is 8.13. The van der Waals surface area contributed by atoms with E-state index >= 15 is 0 Å². The summed E-state index contributed by atoms with van der Waals surface area (Å²) in [6, 6.07) is 0. The van der Waals surface area contributed by atoms with E-state index in [1.807, 2.05) is 4.90 Å². The van der Waals surface area contributed by atoms with Gasteiger partial charge in [0, 0.05) is 45.9 Å². The standard InChI is InChI=1S/C15H26N4O3.2ClH/c1-2-5-17-13(20)12-18-6-8-19(9-7-18)14(21)15(16)3-10-22-11-4-15;;/h2H,1,3-12,16H2,(H,17,20);2*1H. The Hall–Kier alpha value is -0.860. The smallest absolute Gasteiger partial charge is 0.242 e.